The predicted octanol–water partition coefficient (Wildman–Crippen LogP) is 3.86. The molecule has 0 aliphatic rings. The molecule has 0 spiro atoms. The van der Waals surface area contributed by atoms with Gasteiger partial charge >= 0.3 is 0 Å². The zero-order valence-corrected chi connectivity index (χ0v) is 16.5. The number of fused-ring (bicyclic) bond motifs is 1. The fraction of sp³-hybridized carbons (Fsp3) is 0.0556. The molecule has 0 aliphatic heterocycles. The lowest BCUT2D eigenvalue weighted by molar-refractivity contribution is -0.111. The van der Waals surface area contributed by atoms with Crippen LogP contribution in [0.15, 0.2) is 53.4 Å². The first-order chi connectivity index (χ1) is 12.8. The maximum atomic E-state index is 12.3. The van der Waals surface area contributed by atoms with Crippen molar-refractivity contribution in [1.29, 1.82) is 0 Å². The van der Waals surface area contributed by atoms with Crippen LogP contribution in [0.4, 0.5) is 5.69 Å². The molecule has 27 heavy (non-hydrogen) atoms. The van der Waals surface area contributed by atoms with Gasteiger partial charge in [-0.05, 0) is 30.3 Å². The topological polar surface area (TPSA) is 98.5 Å². The third-order valence-corrected chi connectivity index (χ3v) is 6.27. The Balaban J connectivity index is 1.85. The third kappa shape index (κ3) is 4.30. The molecule has 0 atom stereocenters. The van der Waals surface area contributed by atoms with Gasteiger partial charge in [-0.1, -0.05) is 29.8 Å². The number of carbonyl (C=O) groups excluding carboxylic acids is 1. The molecule has 0 saturated heterocycles. The third-order valence-electron chi connectivity index (χ3n) is 3.70. The fourth-order valence-corrected chi connectivity index (χ4v) is 4.37. The fourth-order valence-electron chi connectivity index (χ4n) is 2.43. The lowest BCUT2D eigenvalue weighted by Crippen LogP contribution is -2.14. The van der Waals surface area contributed by atoms with E-state index in [1.165, 1.54) is 42.7 Å². The van der Waals surface area contributed by atoms with Crippen LogP contribution in [0.25, 0.3) is 16.2 Å². The van der Waals surface area contributed by atoms with Crippen molar-refractivity contribution in [3.8, 4) is 5.75 Å². The highest BCUT2D eigenvalue weighted by atomic mass is 35.5. The van der Waals surface area contributed by atoms with Crippen LogP contribution in [0.2, 0.25) is 5.02 Å². The van der Waals surface area contributed by atoms with Gasteiger partial charge in [-0.2, -0.15) is 0 Å². The number of hydrogen-bond acceptors (Lipinski definition) is 5. The van der Waals surface area contributed by atoms with Crippen LogP contribution in [-0.4, -0.2) is 21.4 Å². The van der Waals surface area contributed by atoms with Gasteiger partial charge in [-0.25, -0.2) is 13.6 Å². The molecule has 2 aromatic carbocycles. The van der Waals surface area contributed by atoms with Crippen LogP contribution < -0.4 is 15.2 Å². The summed E-state index contributed by atoms with van der Waals surface area (Å²) in [6.07, 6.45) is 2.93. The van der Waals surface area contributed by atoms with Crippen molar-refractivity contribution in [3.63, 3.8) is 0 Å². The number of carbonyl (C=O) groups is 1. The molecule has 0 aliphatic carbocycles. The highest BCUT2D eigenvalue weighted by Gasteiger charge is 2.13. The molecule has 0 radical (unpaired) electrons. The standard InChI is InChI=1S/C18H15ClN2O4S2/c1-25-14-7-6-11(27(20,23)24)10-13(14)21-17(22)9-8-16-18(19)12-4-2-3-5-15(12)26-16/h2-10H,1H3,(H,21,22)(H2,20,23,24)/b9-8+. The number of halogens is 1. The van der Waals surface area contributed by atoms with Gasteiger partial charge in [-0.3, -0.25) is 4.79 Å². The van der Waals surface area contributed by atoms with E-state index in [4.69, 9.17) is 21.5 Å². The van der Waals surface area contributed by atoms with Gasteiger partial charge in [0.1, 0.15) is 5.75 Å². The van der Waals surface area contributed by atoms with Crippen LogP contribution in [0.5, 0.6) is 5.75 Å². The van der Waals surface area contributed by atoms with Gasteiger partial charge in [0.05, 0.1) is 22.7 Å². The minimum Gasteiger partial charge on any atom is -0.495 e. The molecule has 6 nitrogen and oxygen atoms in total. The van der Waals surface area contributed by atoms with Gasteiger partial charge in [0.25, 0.3) is 0 Å². The number of nitrogens with one attached hydrogen (secondary N) is 1. The SMILES string of the molecule is COc1ccc(S(N)(=O)=O)cc1NC(=O)/C=C/c1sc2ccccc2c1Cl. The zero-order valence-electron chi connectivity index (χ0n) is 14.1. The highest BCUT2D eigenvalue weighted by molar-refractivity contribution is 7.89. The van der Waals surface area contributed by atoms with Gasteiger partial charge in [-0.15, -0.1) is 11.3 Å². The van der Waals surface area contributed by atoms with Crippen LogP contribution in [0, 0.1) is 0 Å². The van der Waals surface area contributed by atoms with Crippen molar-refractivity contribution < 1.29 is 17.9 Å². The minimum atomic E-state index is -3.90. The van der Waals surface area contributed by atoms with E-state index in [1.54, 1.807) is 6.08 Å². The summed E-state index contributed by atoms with van der Waals surface area (Å²) in [4.78, 5) is 12.9. The number of nitrogens with two attached hydrogens (primary N) is 1. The molecule has 0 bridgehead atoms. The maximum absolute atomic E-state index is 12.3. The zero-order chi connectivity index (χ0) is 19.6. The molecule has 3 aromatic rings. The number of ether oxygens (including phenoxy) is 1. The molecule has 0 saturated carbocycles. The Morgan fingerprint density at radius 1 is 1.26 bits per heavy atom. The number of amides is 1. The summed E-state index contributed by atoms with van der Waals surface area (Å²) in [5.41, 5.74) is 0.195. The lowest BCUT2D eigenvalue weighted by atomic mass is 10.2. The number of benzene rings is 2. The average molecular weight is 423 g/mol. The molecule has 3 rings (SSSR count). The Hall–Kier alpha value is -2.39. The van der Waals surface area contributed by atoms with Gasteiger partial charge in [0.2, 0.25) is 15.9 Å². The Morgan fingerprint density at radius 2 is 2.00 bits per heavy atom. The second-order valence-electron chi connectivity index (χ2n) is 5.51. The summed E-state index contributed by atoms with van der Waals surface area (Å²) in [5.74, 6) is -0.155. The van der Waals surface area contributed by atoms with Crippen molar-refractivity contribution >= 4 is 60.7 Å². The Kier molecular flexibility index (Phi) is 5.52. The first-order valence-electron chi connectivity index (χ1n) is 7.66. The number of methoxy groups -OCH3 is 1. The van der Waals surface area contributed by atoms with Crippen molar-refractivity contribution in [2.75, 3.05) is 12.4 Å². The number of sulfonamides is 1. The van der Waals surface area contributed by atoms with E-state index in [1.807, 2.05) is 24.3 Å². The second-order valence-corrected chi connectivity index (χ2v) is 8.53. The van der Waals surface area contributed by atoms with E-state index in [-0.39, 0.29) is 10.6 Å². The maximum Gasteiger partial charge on any atom is 0.248 e. The summed E-state index contributed by atoms with van der Waals surface area (Å²) in [6.45, 7) is 0. The molecule has 140 valence electrons. The normalized spacial score (nSPS) is 11.8. The van der Waals surface area contributed by atoms with E-state index in [2.05, 4.69) is 5.32 Å². The predicted molar refractivity (Wildman–Crippen MR) is 109 cm³/mol. The highest BCUT2D eigenvalue weighted by Crippen LogP contribution is 2.36. The monoisotopic (exact) mass is 422 g/mol. The summed E-state index contributed by atoms with van der Waals surface area (Å²) in [5, 5.41) is 9.22. The number of hydrogen-bond donors (Lipinski definition) is 2. The van der Waals surface area contributed by atoms with Gasteiger partial charge < -0.3 is 10.1 Å². The summed E-state index contributed by atoms with van der Waals surface area (Å²) in [6, 6.07) is 11.6. The smallest absolute Gasteiger partial charge is 0.248 e. The van der Waals surface area contributed by atoms with Crippen LogP contribution in [0.3, 0.4) is 0 Å². The van der Waals surface area contributed by atoms with Crippen LogP contribution in [-0.2, 0) is 14.8 Å². The molecule has 1 aromatic heterocycles. The van der Waals surface area contributed by atoms with Gasteiger partial charge in [0, 0.05) is 21.0 Å². The summed E-state index contributed by atoms with van der Waals surface area (Å²) < 4.78 is 29.2. The van der Waals surface area contributed by atoms with E-state index >= 15 is 0 Å². The van der Waals surface area contributed by atoms with Crippen LogP contribution >= 0.6 is 22.9 Å². The first-order valence-corrected chi connectivity index (χ1v) is 10.4. The van der Waals surface area contributed by atoms with E-state index in [0.717, 1.165) is 15.0 Å². The van der Waals surface area contributed by atoms with E-state index in [0.29, 0.717) is 10.8 Å². The van der Waals surface area contributed by atoms with Crippen molar-refractivity contribution in [3.05, 3.63) is 58.4 Å². The van der Waals surface area contributed by atoms with Gasteiger partial charge in [0.15, 0.2) is 0 Å². The summed E-state index contributed by atoms with van der Waals surface area (Å²) >= 11 is 7.81. The molecule has 0 unspecified atom stereocenters. The Bertz CT molecular complexity index is 1150. The Labute approximate surface area is 165 Å². The number of rotatable bonds is 5. The molecular formula is C18H15ClN2O4S2. The van der Waals surface area contributed by atoms with Crippen molar-refractivity contribution in [2.45, 2.75) is 4.90 Å². The number of anilines is 1. The first kappa shape index (κ1) is 19.4. The van der Waals surface area contributed by atoms with Crippen molar-refractivity contribution in [2.24, 2.45) is 5.14 Å². The molecule has 3 N–H and O–H groups in total. The van der Waals surface area contributed by atoms with Crippen LogP contribution in [0.1, 0.15) is 4.88 Å². The van der Waals surface area contributed by atoms with Crippen molar-refractivity contribution in [1.82, 2.24) is 0 Å². The quantitative estimate of drug-likeness (QED) is 0.610. The molecule has 1 amide bonds. The minimum absolute atomic E-state index is 0.130. The summed E-state index contributed by atoms with van der Waals surface area (Å²) in [7, 11) is -2.49. The molecule has 0 fully saturated rings. The molecule has 1 heterocycles. The molecular weight excluding hydrogens is 408 g/mol. The van der Waals surface area contributed by atoms with E-state index in [9.17, 15) is 13.2 Å². The Morgan fingerprint density at radius 3 is 2.67 bits per heavy atom. The second kappa shape index (κ2) is 7.69. The number of primary sulfonamides is 1. The number of thiophene rings is 1. The largest absolute Gasteiger partial charge is 0.495 e. The lowest BCUT2D eigenvalue weighted by Gasteiger charge is -2.10. The molecule has 9 heteroatoms. The van der Waals surface area contributed by atoms with E-state index < -0.39 is 15.9 Å². The average Bonchev–Trinajstić information content (AvgIpc) is 2.95.